The average Bonchev–Trinajstić information content (AvgIpc) is 1.80. The summed E-state index contributed by atoms with van der Waals surface area (Å²) in [6.07, 6.45) is 2.69. The molecule has 0 spiro atoms. The maximum atomic E-state index is 9.76. The minimum atomic E-state index is -0.270. The van der Waals surface area contributed by atoms with E-state index in [4.69, 9.17) is 0 Å². The maximum Gasteiger partial charge on any atom is 0.203 e. The van der Waals surface area contributed by atoms with E-state index in [2.05, 4.69) is 15.9 Å². The first-order valence-corrected chi connectivity index (χ1v) is 4.07. The van der Waals surface area contributed by atoms with Crippen LogP contribution in [0.4, 0.5) is 0 Å². The Kier molecular flexibility index (Phi) is 5.93. The molecular weight excluding hydrogens is 186 g/mol. The van der Waals surface area contributed by atoms with Gasteiger partial charge in [-0.1, -0.05) is 15.9 Å². The van der Waals surface area contributed by atoms with Crippen molar-refractivity contribution in [1.82, 2.24) is 0 Å². The molecule has 0 aliphatic heterocycles. The molecule has 0 aromatic heterocycles. The van der Waals surface area contributed by atoms with Gasteiger partial charge < -0.3 is 0 Å². The van der Waals surface area contributed by atoms with Gasteiger partial charge in [0.25, 0.3) is 0 Å². The normalized spacial score (nSPS) is 9.44. The van der Waals surface area contributed by atoms with Crippen LogP contribution in [-0.2, 0) is 0 Å². The van der Waals surface area contributed by atoms with Gasteiger partial charge in [0, 0.05) is 16.7 Å². The van der Waals surface area contributed by atoms with Crippen molar-refractivity contribution >= 4 is 15.9 Å². The highest BCUT2D eigenvalue weighted by Crippen LogP contribution is 1.97. The second-order valence-electron chi connectivity index (χ2n) is 1.81. The van der Waals surface area contributed by atoms with Crippen LogP contribution in [0.1, 0.15) is 19.3 Å². The van der Waals surface area contributed by atoms with Gasteiger partial charge >= 0.3 is 0 Å². The summed E-state index contributed by atoms with van der Waals surface area (Å²) < 4.78 is 0. The van der Waals surface area contributed by atoms with E-state index in [-0.39, 0.29) is 11.5 Å². The van der Waals surface area contributed by atoms with Crippen molar-refractivity contribution in [1.29, 1.82) is 0 Å². The van der Waals surface area contributed by atoms with Crippen LogP contribution in [-0.4, -0.2) is 16.8 Å². The fourth-order valence-corrected chi connectivity index (χ4v) is 0.909. The van der Waals surface area contributed by atoms with Crippen LogP contribution >= 0.6 is 15.9 Å². The minimum absolute atomic E-state index is 0.118. The Morgan fingerprint density at radius 3 is 2.44 bits per heavy atom. The molecule has 0 saturated carbocycles. The molecule has 0 aromatic carbocycles. The van der Waals surface area contributed by atoms with Gasteiger partial charge in [0.15, 0.2) is 0 Å². The molecule has 0 amide bonds. The lowest BCUT2D eigenvalue weighted by molar-refractivity contribution is -0.480. The average molecular weight is 196 g/mol. The SMILES string of the molecule is O=[N+]([O-])CCCCCBr. The molecule has 0 bridgehead atoms. The third-order valence-electron chi connectivity index (χ3n) is 0.974. The van der Waals surface area contributed by atoms with Crippen LogP contribution in [0.5, 0.6) is 0 Å². The standard InChI is InChI=1S/C5H10BrNO2/c6-4-2-1-3-5-7(8)9/h1-5H2. The summed E-state index contributed by atoms with van der Waals surface area (Å²) in [7, 11) is 0. The topological polar surface area (TPSA) is 43.1 Å². The van der Waals surface area contributed by atoms with Gasteiger partial charge in [-0.05, 0) is 12.8 Å². The fourth-order valence-electron chi connectivity index (χ4n) is 0.512. The zero-order valence-corrected chi connectivity index (χ0v) is 6.76. The van der Waals surface area contributed by atoms with Crippen LogP contribution in [0.15, 0.2) is 0 Å². The van der Waals surface area contributed by atoms with Gasteiger partial charge in [0.1, 0.15) is 0 Å². The first-order valence-electron chi connectivity index (χ1n) is 2.95. The van der Waals surface area contributed by atoms with E-state index in [1.807, 2.05) is 0 Å². The molecule has 0 radical (unpaired) electrons. The minimum Gasteiger partial charge on any atom is -0.265 e. The number of alkyl halides is 1. The molecule has 54 valence electrons. The Hall–Kier alpha value is -0.120. The molecule has 0 rings (SSSR count). The number of unbranched alkanes of at least 4 members (excludes halogenated alkanes) is 2. The zero-order valence-electron chi connectivity index (χ0n) is 5.18. The second-order valence-corrected chi connectivity index (χ2v) is 2.60. The van der Waals surface area contributed by atoms with E-state index in [1.54, 1.807) is 0 Å². The zero-order chi connectivity index (χ0) is 7.11. The lowest BCUT2D eigenvalue weighted by Crippen LogP contribution is -1.99. The Labute approximate surface area is 62.7 Å². The lowest BCUT2D eigenvalue weighted by atomic mass is 10.2. The third kappa shape index (κ3) is 7.88. The number of rotatable bonds is 5. The Morgan fingerprint density at radius 2 is 2.00 bits per heavy atom. The van der Waals surface area contributed by atoms with E-state index in [0.717, 1.165) is 18.2 Å². The van der Waals surface area contributed by atoms with E-state index in [9.17, 15) is 10.1 Å². The number of hydrogen-bond donors (Lipinski definition) is 0. The molecule has 3 nitrogen and oxygen atoms in total. The summed E-state index contributed by atoms with van der Waals surface area (Å²) >= 11 is 3.25. The largest absolute Gasteiger partial charge is 0.265 e. The maximum absolute atomic E-state index is 9.76. The lowest BCUT2D eigenvalue weighted by Gasteiger charge is -1.91. The monoisotopic (exact) mass is 195 g/mol. The molecule has 0 aromatic rings. The van der Waals surface area contributed by atoms with E-state index in [1.165, 1.54) is 0 Å². The summed E-state index contributed by atoms with van der Waals surface area (Å²) in [5.41, 5.74) is 0. The molecule has 0 saturated heterocycles. The third-order valence-corrected chi connectivity index (χ3v) is 1.54. The molecule has 9 heavy (non-hydrogen) atoms. The molecule has 4 heteroatoms. The highest BCUT2D eigenvalue weighted by molar-refractivity contribution is 9.09. The van der Waals surface area contributed by atoms with Crippen molar-refractivity contribution in [3.8, 4) is 0 Å². The molecular formula is C5H10BrNO2. The van der Waals surface area contributed by atoms with Gasteiger partial charge in [-0.2, -0.15) is 0 Å². The van der Waals surface area contributed by atoms with Crippen molar-refractivity contribution in [2.24, 2.45) is 0 Å². The van der Waals surface area contributed by atoms with Crippen LogP contribution in [0.2, 0.25) is 0 Å². The van der Waals surface area contributed by atoms with E-state index >= 15 is 0 Å². The van der Waals surface area contributed by atoms with Gasteiger partial charge in [0.2, 0.25) is 6.54 Å². The smallest absolute Gasteiger partial charge is 0.203 e. The number of nitro groups is 1. The molecule has 0 atom stereocenters. The van der Waals surface area contributed by atoms with Crippen molar-refractivity contribution in [3.05, 3.63) is 10.1 Å². The molecule has 0 aliphatic rings. The quantitative estimate of drug-likeness (QED) is 0.291. The predicted octanol–water partition coefficient (Wildman–Crippen LogP) is 1.83. The number of hydrogen-bond acceptors (Lipinski definition) is 2. The molecule has 0 heterocycles. The first kappa shape index (κ1) is 8.88. The second kappa shape index (κ2) is 6.01. The van der Waals surface area contributed by atoms with Crippen molar-refractivity contribution in [2.45, 2.75) is 19.3 Å². The Balaban J connectivity index is 2.83. The molecule has 0 fully saturated rings. The highest BCUT2D eigenvalue weighted by atomic mass is 79.9. The summed E-state index contributed by atoms with van der Waals surface area (Å²) in [6, 6.07) is 0. The fraction of sp³-hybridized carbons (Fsp3) is 1.00. The van der Waals surface area contributed by atoms with Crippen LogP contribution in [0, 0.1) is 10.1 Å². The van der Waals surface area contributed by atoms with Gasteiger partial charge in [-0.3, -0.25) is 10.1 Å². The molecule has 0 unspecified atom stereocenters. The summed E-state index contributed by atoms with van der Waals surface area (Å²) in [4.78, 5) is 9.49. The van der Waals surface area contributed by atoms with Gasteiger partial charge in [0.05, 0.1) is 0 Å². The van der Waals surface area contributed by atoms with Crippen molar-refractivity contribution < 1.29 is 4.92 Å². The Bertz CT molecular complexity index is 87.0. The number of nitrogens with zero attached hydrogens (tertiary/aromatic N) is 1. The van der Waals surface area contributed by atoms with Crippen LogP contribution in [0.3, 0.4) is 0 Å². The molecule has 0 aliphatic carbocycles. The summed E-state index contributed by atoms with van der Waals surface area (Å²) in [5.74, 6) is 0. The van der Waals surface area contributed by atoms with Gasteiger partial charge in [-0.25, -0.2) is 0 Å². The van der Waals surface area contributed by atoms with E-state index < -0.39 is 0 Å². The first-order chi connectivity index (χ1) is 4.27. The van der Waals surface area contributed by atoms with Crippen molar-refractivity contribution in [3.63, 3.8) is 0 Å². The Morgan fingerprint density at radius 1 is 1.33 bits per heavy atom. The number of halogens is 1. The van der Waals surface area contributed by atoms with Crippen molar-refractivity contribution in [2.75, 3.05) is 11.9 Å². The van der Waals surface area contributed by atoms with Gasteiger partial charge in [-0.15, -0.1) is 0 Å². The van der Waals surface area contributed by atoms with Crippen LogP contribution in [0.25, 0.3) is 0 Å². The van der Waals surface area contributed by atoms with Crippen LogP contribution < -0.4 is 0 Å². The summed E-state index contributed by atoms with van der Waals surface area (Å²) in [6.45, 7) is 0.118. The van der Waals surface area contributed by atoms with E-state index in [0.29, 0.717) is 6.42 Å². The summed E-state index contributed by atoms with van der Waals surface area (Å²) in [5, 5.41) is 10.7. The predicted molar refractivity (Wildman–Crippen MR) is 39.5 cm³/mol. The molecule has 0 N–H and O–H groups in total. The highest BCUT2D eigenvalue weighted by Gasteiger charge is 1.94.